The number of ether oxygens (including phenoxy) is 1. The zero-order chi connectivity index (χ0) is 31.9. The number of piperidine rings is 1. The van der Waals surface area contributed by atoms with E-state index in [9.17, 15) is 41.8 Å². The molecule has 43 heavy (non-hydrogen) atoms. The number of fused-ring (bicyclic) bond motifs is 1. The molecule has 0 bridgehead atoms. The molecule has 1 fully saturated rings. The van der Waals surface area contributed by atoms with Crippen LogP contribution in [0.4, 0.5) is 33.7 Å². The van der Waals surface area contributed by atoms with E-state index in [1.807, 2.05) is 0 Å². The Morgan fingerprint density at radius 2 is 1.84 bits per heavy atom. The molecule has 0 unspecified atom stereocenters. The fourth-order valence-corrected chi connectivity index (χ4v) is 4.95. The first-order valence-electron chi connectivity index (χ1n) is 13.3. The van der Waals surface area contributed by atoms with Gasteiger partial charge >= 0.3 is 12.3 Å². The minimum atomic E-state index is -5.04. The first kappa shape index (κ1) is 31.5. The SMILES string of the molecule is Cc1[nH]c(/C=C2\C(=O)Nc3cc(NC=O)c(F)cc32)c(C(F)(F)F)c1C(=O)NCC1(O)CCN(C(=O)OC(C)(C)C)CC1. The molecule has 2 aliphatic rings. The maximum atomic E-state index is 14.4. The van der Waals surface area contributed by atoms with Crippen LogP contribution in [-0.2, 0) is 20.5 Å². The van der Waals surface area contributed by atoms with Crippen LogP contribution < -0.4 is 16.0 Å². The maximum Gasteiger partial charge on any atom is 0.419 e. The number of carbonyl (C=O) groups is 4. The van der Waals surface area contributed by atoms with E-state index in [1.165, 1.54) is 11.8 Å². The van der Waals surface area contributed by atoms with Crippen molar-refractivity contribution in [2.24, 2.45) is 0 Å². The molecule has 15 heteroatoms. The van der Waals surface area contributed by atoms with E-state index in [0.717, 1.165) is 18.2 Å². The van der Waals surface area contributed by atoms with Gasteiger partial charge in [-0.25, -0.2) is 9.18 Å². The van der Waals surface area contributed by atoms with E-state index in [1.54, 1.807) is 20.8 Å². The highest BCUT2D eigenvalue weighted by molar-refractivity contribution is 6.35. The van der Waals surface area contributed by atoms with E-state index in [0.29, 0.717) is 0 Å². The smallest absolute Gasteiger partial charge is 0.419 e. The van der Waals surface area contributed by atoms with E-state index in [2.05, 4.69) is 20.9 Å². The van der Waals surface area contributed by atoms with Gasteiger partial charge in [0.1, 0.15) is 11.4 Å². The molecule has 11 nitrogen and oxygen atoms in total. The molecule has 2 aromatic rings. The number of benzene rings is 1. The summed E-state index contributed by atoms with van der Waals surface area (Å²) >= 11 is 0. The first-order chi connectivity index (χ1) is 19.9. The molecule has 1 aromatic heterocycles. The Morgan fingerprint density at radius 3 is 2.42 bits per heavy atom. The zero-order valence-corrected chi connectivity index (χ0v) is 23.8. The van der Waals surface area contributed by atoms with Gasteiger partial charge in [0.05, 0.1) is 39.4 Å². The number of halogens is 4. The molecule has 1 saturated heterocycles. The number of amides is 4. The fourth-order valence-electron chi connectivity index (χ4n) is 4.95. The van der Waals surface area contributed by atoms with Crippen LogP contribution in [0.3, 0.4) is 0 Å². The molecule has 0 spiro atoms. The van der Waals surface area contributed by atoms with Crippen LogP contribution in [0, 0.1) is 12.7 Å². The van der Waals surface area contributed by atoms with Crippen molar-refractivity contribution in [3.63, 3.8) is 0 Å². The number of anilines is 2. The second-order valence-corrected chi connectivity index (χ2v) is 11.4. The first-order valence-corrected chi connectivity index (χ1v) is 13.3. The Balaban J connectivity index is 1.56. The quantitative estimate of drug-likeness (QED) is 0.189. The molecule has 2 aliphatic heterocycles. The lowest BCUT2D eigenvalue weighted by Gasteiger charge is -2.38. The summed E-state index contributed by atoms with van der Waals surface area (Å²) in [6, 6.07) is 2.03. The number of aromatic amines is 1. The highest BCUT2D eigenvalue weighted by Gasteiger charge is 2.42. The van der Waals surface area contributed by atoms with Gasteiger partial charge in [0.15, 0.2) is 0 Å². The highest BCUT2D eigenvalue weighted by atomic mass is 19.4. The number of alkyl halides is 3. The molecular weight excluding hydrogens is 578 g/mol. The second-order valence-electron chi connectivity index (χ2n) is 11.4. The topological polar surface area (TPSA) is 153 Å². The third-order valence-corrected chi connectivity index (χ3v) is 7.04. The largest absolute Gasteiger partial charge is 0.444 e. The van der Waals surface area contributed by atoms with Crippen LogP contribution in [-0.4, -0.2) is 70.1 Å². The normalized spacial score (nSPS) is 17.4. The number of likely N-dealkylation sites (tertiary alicyclic amines) is 1. The molecule has 232 valence electrons. The summed E-state index contributed by atoms with van der Waals surface area (Å²) in [5.41, 5.74) is -5.52. The number of H-pyrrole nitrogens is 1. The van der Waals surface area contributed by atoms with E-state index >= 15 is 0 Å². The van der Waals surface area contributed by atoms with Crippen molar-refractivity contribution < 1.29 is 46.6 Å². The number of aliphatic hydroxyl groups is 1. The molecule has 3 heterocycles. The van der Waals surface area contributed by atoms with E-state index in [4.69, 9.17) is 4.74 Å². The average Bonchev–Trinajstić information content (AvgIpc) is 3.38. The lowest BCUT2D eigenvalue weighted by atomic mass is 9.91. The molecule has 0 aliphatic carbocycles. The Bertz CT molecular complexity index is 1500. The van der Waals surface area contributed by atoms with Crippen molar-refractivity contribution in [2.45, 2.75) is 57.9 Å². The highest BCUT2D eigenvalue weighted by Crippen LogP contribution is 2.41. The lowest BCUT2D eigenvalue weighted by Crippen LogP contribution is -2.52. The van der Waals surface area contributed by atoms with Gasteiger partial charge < -0.3 is 35.7 Å². The number of nitrogens with zero attached hydrogens (tertiary/aromatic N) is 1. The van der Waals surface area contributed by atoms with Gasteiger partial charge in [-0.1, -0.05) is 0 Å². The molecule has 0 radical (unpaired) electrons. The van der Waals surface area contributed by atoms with E-state index < -0.39 is 57.9 Å². The van der Waals surface area contributed by atoms with Crippen molar-refractivity contribution in [1.82, 2.24) is 15.2 Å². The van der Waals surface area contributed by atoms with Crippen LogP contribution in [0.25, 0.3) is 11.6 Å². The average molecular weight is 610 g/mol. The third-order valence-electron chi connectivity index (χ3n) is 7.04. The fraction of sp³-hybridized carbons (Fsp3) is 0.429. The second kappa shape index (κ2) is 11.4. The molecule has 4 amide bonds. The number of nitrogens with one attached hydrogen (secondary N) is 4. The summed E-state index contributed by atoms with van der Waals surface area (Å²) in [6.45, 7) is 6.25. The van der Waals surface area contributed by atoms with Gasteiger partial charge in [-0.3, -0.25) is 14.4 Å². The van der Waals surface area contributed by atoms with Crippen LogP contribution in [0.2, 0.25) is 0 Å². The van der Waals surface area contributed by atoms with Crippen LogP contribution in [0.1, 0.15) is 66.5 Å². The standard InChI is InChI=1S/C28H31F4N5O6/c1-14-21(24(40)33-12-27(42)5-7-37(8-6-27)25(41)43-26(2,3)4)22(28(30,31)32)20(35-14)10-16-15-9-17(29)19(34-13-38)11-18(15)36-23(16)39/h9-11,13,35,42H,5-8,12H2,1-4H3,(H,33,40)(H,34,38)(H,36,39)/b16-10-. The number of hydrogen-bond acceptors (Lipinski definition) is 6. The number of carbonyl (C=O) groups excluding carboxylic acids is 4. The van der Waals surface area contributed by atoms with Crippen molar-refractivity contribution in [3.8, 4) is 0 Å². The lowest BCUT2D eigenvalue weighted by molar-refractivity contribution is -0.138. The zero-order valence-electron chi connectivity index (χ0n) is 23.8. The Hall–Kier alpha value is -4.40. The van der Waals surface area contributed by atoms with Gasteiger partial charge in [-0.2, -0.15) is 13.2 Å². The number of hydrogen-bond donors (Lipinski definition) is 5. The summed E-state index contributed by atoms with van der Waals surface area (Å²) in [4.78, 5) is 52.6. The van der Waals surface area contributed by atoms with Crippen molar-refractivity contribution in [2.75, 3.05) is 30.3 Å². The summed E-state index contributed by atoms with van der Waals surface area (Å²) in [5, 5.41) is 17.9. The van der Waals surface area contributed by atoms with Crippen LogP contribution in [0.15, 0.2) is 12.1 Å². The van der Waals surface area contributed by atoms with E-state index in [-0.39, 0.29) is 67.1 Å². The van der Waals surface area contributed by atoms with Gasteiger partial charge in [0, 0.05) is 30.9 Å². The molecule has 0 saturated carbocycles. The molecular formula is C28H31F4N5O6. The molecule has 5 N–H and O–H groups in total. The Kier molecular flexibility index (Phi) is 8.33. The summed E-state index contributed by atoms with van der Waals surface area (Å²) < 4.78 is 62.7. The number of aryl methyl sites for hydroxylation is 1. The summed E-state index contributed by atoms with van der Waals surface area (Å²) in [6.07, 6.45) is -4.39. The van der Waals surface area contributed by atoms with Crippen molar-refractivity contribution >= 4 is 47.3 Å². The van der Waals surface area contributed by atoms with Crippen molar-refractivity contribution in [3.05, 3.63) is 46.0 Å². The van der Waals surface area contributed by atoms with Gasteiger partial charge in [-0.05, 0) is 58.7 Å². The Morgan fingerprint density at radius 1 is 1.19 bits per heavy atom. The monoisotopic (exact) mass is 609 g/mol. The minimum absolute atomic E-state index is 0.0368. The van der Waals surface area contributed by atoms with Gasteiger partial charge in [-0.15, -0.1) is 0 Å². The predicted molar refractivity (Wildman–Crippen MR) is 147 cm³/mol. The molecule has 0 atom stereocenters. The maximum absolute atomic E-state index is 14.4. The van der Waals surface area contributed by atoms with Gasteiger partial charge in [0.25, 0.3) is 11.8 Å². The predicted octanol–water partition coefficient (Wildman–Crippen LogP) is 4.03. The Labute approximate surface area is 243 Å². The van der Waals surface area contributed by atoms with Crippen LogP contribution in [0.5, 0.6) is 0 Å². The van der Waals surface area contributed by atoms with Crippen molar-refractivity contribution in [1.29, 1.82) is 0 Å². The summed E-state index contributed by atoms with van der Waals surface area (Å²) in [7, 11) is 0. The number of aromatic nitrogens is 1. The minimum Gasteiger partial charge on any atom is -0.444 e. The third kappa shape index (κ3) is 6.82. The number of rotatable bonds is 6. The van der Waals surface area contributed by atoms with Gasteiger partial charge in [0.2, 0.25) is 6.41 Å². The molecule has 1 aromatic carbocycles. The van der Waals surface area contributed by atoms with Crippen LogP contribution >= 0.6 is 0 Å². The summed E-state index contributed by atoms with van der Waals surface area (Å²) in [5.74, 6) is -2.84. The molecule has 4 rings (SSSR count).